The quantitative estimate of drug-likeness (QED) is 0.758. The highest BCUT2D eigenvalue weighted by Gasteiger charge is 2.06. The maximum atomic E-state index is 4.27. The Kier molecular flexibility index (Phi) is 3.09. The van der Waals surface area contributed by atoms with Crippen molar-refractivity contribution in [1.82, 2.24) is 15.3 Å². The van der Waals surface area contributed by atoms with Crippen LogP contribution in [0.25, 0.3) is 16.0 Å². The van der Waals surface area contributed by atoms with E-state index in [1.54, 1.807) is 11.3 Å². The second kappa shape index (κ2) is 4.90. The zero-order valence-corrected chi connectivity index (χ0v) is 11.6. The first kappa shape index (κ1) is 12.0. The van der Waals surface area contributed by atoms with Gasteiger partial charge in [0, 0.05) is 6.54 Å². The fourth-order valence-corrected chi connectivity index (χ4v) is 2.69. The molecule has 96 valence electrons. The predicted molar refractivity (Wildman–Crippen MR) is 81.0 cm³/mol. The van der Waals surface area contributed by atoms with Gasteiger partial charge in [0.25, 0.3) is 0 Å². The van der Waals surface area contributed by atoms with E-state index in [-0.39, 0.29) is 0 Å². The van der Waals surface area contributed by atoms with Crippen LogP contribution in [0.4, 0.5) is 0 Å². The number of benzene rings is 1. The fourth-order valence-electron chi connectivity index (χ4n) is 2.01. The van der Waals surface area contributed by atoms with Gasteiger partial charge in [-0.1, -0.05) is 30.8 Å². The average Bonchev–Trinajstić information content (AvgIpc) is 2.98. The molecular formula is C15H15N3S. The Labute approximate surface area is 116 Å². The first-order valence-corrected chi connectivity index (χ1v) is 7.02. The normalized spacial score (nSPS) is 10.8. The summed E-state index contributed by atoms with van der Waals surface area (Å²) in [6.45, 7) is 6.98. The number of aryl methyl sites for hydroxylation is 1. The Balaban J connectivity index is 1.72. The SMILES string of the molecule is C=C(NCc1ccccc1C)c1cc2ncsc2[nH]1. The maximum absolute atomic E-state index is 4.27. The number of aromatic nitrogens is 2. The molecule has 3 nitrogen and oxygen atoms in total. The maximum Gasteiger partial charge on any atom is 0.120 e. The third-order valence-corrected chi connectivity index (χ3v) is 3.96. The molecule has 0 aliphatic heterocycles. The molecule has 0 atom stereocenters. The molecule has 0 saturated heterocycles. The standard InChI is InChI=1S/C15H15N3S/c1-10-5-3-4-6-12(10)8-16-11(2)13-7-14-15(18-13)19-9-17-14/h3-7,9,16,18H,2,8H2,1H3. The third-order valence-electron chi connectivity index (χ3n) is 3.20. The van der Waals surface area contributed by atoms with Gasteiger partial charge in [0.2, 0.25) is 0 Å². The van der Waals surface area contributed by atoms with E-state index in [2.05, 4.69) is 53.1 Å². The van der Waals surface area contributed by atoms with Crippen LogP contribution in [0.3, 0.4) is 0 Å². The Morgan fingerprint density at radius 2 is 2.26 bits per heavy atom. The Morgan fingerprint density at radius 3 is 3.05 bits per heavy atom. The van der Waals surface area contributed by atoms with Crippen molar-refractivity contribution in [1.29, 1.82) is 0 Å². The van der Waals surface area contributed by atoms with E-state index in [4.69, 9.17) is 0 Å². The number of hydrogen-bond donors (Lipinski definition) is 2. The number of hydrogen-bond acceptors (Lipinski definition) is 3. The van der Waals surface area contributed by atoms with Crippen LogP contribution in [0.2, 0.25) is 0 Å². The summed E-state index contributed by atoms with van der Waals surface area (Å²) in [6.07, 6.45) is 0. The van der Waals surface area contributed by atoms with E-state index < -0.39 is 0 Å². The van der Waals surface area contributed by atoms with E-state index in [0.29, 0.717) is 0 Å². The topological polar surface area (TPSA) is 40.7 Å². The van der Waals surface area contributed by atoms with Crippen LogP contribution in [0.5, 0.6) is 0 Å². The van der Waals surface area contributed by atoms with Crippen molar-refractivity contribution in [2.75, 3.05) is 0 Å². The minimum Gasteiger partial charge on any atom is -0.380 e. The molecule has 19 heavy (non-hydrogen) atoms. The summed E-state index contributed by atoms with van der Waals surface area (Å²) >= 11 is 1.61. The number of aromatic amines is 1. The number of fused-ring (bicyclic) bond motifs is 1. The van der Waals surface area contributed by atoms with Crippen LogP contribution < -0.4 is 5.32 Å². The van der Waals surface area contributed by atoms with Crippen molar-refractivity contribution in [2.24, 2.45) is 0 Å². The van der Waals surface area contributed by atoms with Gasteiger partial charge in [-0.15, -0.1) is 11.3 Å². The number of nitrogens with one attached hydrogen (secondary N) is 2. The molecule has 0 saturated carbocycles. The lowest BCUT2D eigenvalue weighted by Gasteiger charge is -2.10. The van der Waals surface area contributed by atoms with Crippen molar-refractivity contribution in [3.05, 3.63) is 59.2 Å². The monoisotopic (exact) mass is 269 g/mol. The molecule has 2 N–H and O–H groups in total. The molecule has 0 aliphatic carbocycles. The highest BCUT2D eigenvalue weighted by atomic mass is 32.1. The van der Waals surface area contributed by atoms with Crippen molar-refractivity contribution in [2.45, 2.75) is 13.5 Å². The Morgan fingerprint density at radius 1 is 1.42 bits per heavy atom. The summed E-state index contributed by atoms with van der Waals surface area (Å²) < 4.78 is 0. The van der Waals surface area contributed by atoms with Gasteiger partial charge in [-0.3, -0.25) is 0 Å². The summed E-state index contributed by atoms with van der Waals surface area (Å²) in [6, 6.07) is 10.4. The van der Waals surface area contributed by atoms with Gasteiger partial charge in [0.1, 0.15) is 4.83 Å². The highest BCUT2D eigenvalue weighted by Crippen LogP contribution is 2.21. The van der Waals surface area contributed by atoms with E-state index in [9.17, 15) is 0 Å². The Bertz CT molecular complexity index is 695. The minimum atomic E-state index is 0.783. The van der Waals surface area contributed by atoms with Gasteiger partial charge in [-0.2, -0.15) is 0 Å². The lowest BCUT2D eigenvalue weighted by molar-refractivity contribution is 0.879. The second-order valence-corrected chi connectivity index (χ2v) is 5.36. The van der Waals surface area contributed by atoms with Gasteiger partial charge in [0.05, 0.1) is 22.4 Å². The van der Waals surface area contributed by atoms with Gasteiger partial charge in [0.15, 0.2) is 0 Å². The summed E-state index contributed by atoms with van der Waals surface area (Å²) in [4.78, 5) is 8.68. The van der Waals surface area contributed by atoms with E-state index in [0.717, 1.165) is 28.3 Å². The minimum absolute atomic E-state index is 0.783. The number of rotatable bonds is 4. The summed E-state index contributed by atoms with van der Waals surface area (Å²) in [5.74, 6) is 0. The van der Waals surface area contributed by atoms with Gasteiger partial charge in [-0.05, 0) is 24.1 Å². The van der Waals surface area contributed by atoms with Crippen molar-refractivity contribution in [3.8, 4) is 0 Å². The third kappa shape index (κ3) is 2.39. The first-order chi connectivity index (χ1) is 9.24. The van der Waals surface area contributed by atoms with Gasteiger partial charge in [-0.25, -0.2) is 4.98 Å². The van der Waals surface area contributed by atoms with Crippen LogP contribution >= 0.6 is 11.3 Å². The molecule has 2 heterocycles. The van der Waals surface area contributed by atoms with Crippen molar-refractivity contribution >= 4 is 27.4 Å². The van der Waals surface area contributed by atoms with E-state index in [1.807, 2.05) is 11.6 Å². The molecule has 2 aromatic heterocycles. The average molecular weight is 269 g/mol. The molecular weight excluding hydrogens is 254 g/mol. The molecule has 1 aromatic carbocycles. The summed E-state index contributed by atoms with van der Waals surface area (Å²) in [5, 5.41) is 3.36. The van der Waals surface area contributed by atoms with E-state index >= 15 is 0 Å². The van der Waals surface area contributed by atoms with Crippen LogP contribution in [-0.2, 0) is 6.54 Å². The lowest BCUT2D eigenvalue weighted by atomic mass is 10.1. The molecule has 0 amide bonds. The molecule has 3 rings (SSSR count). The number of thiazole rings is 1. The zero-order valence-electron chi connectivity index (χ0n) is 10.7. The van der Waals surface area contributed by atoms with Crippen LogP contribution in [0.1, 0.15) is 16.8 Å². The summed E-state index contributed by atoms with van der Waals surface area (Å²) in [7, 11) is 0. The van der Waals surface area contributed by atoms with Crippen molar-refractivity contribution in [3.63, 3.8) is 0 Å². The van der Waals surface area contributed by atoms with Gasteiger partial charge < -0.3 is 10.3 Å². The van der Waals surface area contributed by atoms with Crippen molar-refractivity contribution < 1.29 is 0 Å². The first-order valence-electron chi connectivity index (χ1n) is 6.14. The fraction of sp³-hybridized carbons (Fsp3) is 0.133. The van der Waals surface area contributed by atoms with Crippen LogP contribution in [0, 0.1) is 6.92 Å². The molecule has 0 unspecified atom stereocenters. The largest absolute Gasteiger partial charge is 0.380 e. The number of H-pyrrole nitrogens is 1. The molecule has 0 radical (unpaired) electrons. The van der Waals surface area contributed by atoms with Crippen LogP contribution in [0.15, 0.2) is 42.4 Å². The van der Waals surface area contributed by atoms with Gasteiger partial charge >= 0.3 is 0 Å². The number of nitrogens with zero attached hydrogens (tertiary/aromatic N) is 1. The summed E-state index contributed by atoms with van der Waals surface area (Å²) in [5.41, 5.74) is 7.32. The molecule has 0 aliphatic rings. The predicted octanol–water partition coefficient (Wildman–Crippen LogP) is 3.69. The second-order valence-electron chi connectivity index (χ2n) is 4.51. The molecule has 0 fully saturated rings. The smallest absolute Gasteiger partial charge is 0.120 e. The molecule has 3 aromatic rings. The lowest BCUT2D eigenvalue weighted by Crippen LogP contribution is -2.11. The zero-order chi connectivity index (χ0) is 13.2. The highest BCUT2D eigenvalue weighted by molar-refractivity contribution is 7.16. The van der Waals surface area contributed by atoms with E-state index in [1.165, 1.54) is 11.1 Å². The molecule has 0 spiro atoms. The Hall–Kier alpha value is -2.07. The van der Waals surface area contributed by atoms with Crippen LogP contribution in [-0.4, -0.2) is 9.97 Å². The molecule has 0 bridgehead atoms. The molecule has 4 heteroatoms.